The van der Waals surface area contributed by atoms with E-state index in [0.29, 0.717) is 12.3 Å². The maximum absolute atomic E-state index is 8.83. The SMILES string of the molecule is CCN1CCC(c2nc(CCO)cs2)C1. The highest BCUT2D eigenvalue weighted by atomic mass is 32.1. The summed E-state index contributed by atoms with van der Waals surface area (Å²) in [5.41, 5.74) is 1.05. The van der Waals surface area contributed by atoms with E-state index >= 15 is 0 Å². The number of likely N-dealkylation sites (N-methyl/N-ethyl adjacent to an activating group) is 1. The lowest BCUT2D eigenvalue weighted by molar-refractivity contribution is 0.298. The number of aliphatic hydroxyl groups excluding tert-OH is 1. The molecule has 1 unspecified atom stereocenters. The molecule has 0 amide bonds. The van der Waals surface area contributed by atoms with Crippen molar-refractivity contribution in [3.63, 3.8) is 0 Å². The summed E-state index contributed by atoms with van der Waals surface area (Å²) in [5, 5.41) is 12.2. The van der Waals surface area contributed by atoms with Gasteiger partial charge in [-0.2, -0.15) is 0 Å². The molecule has 1 saturated heterocycles. The summed E-state index contributed by atoms with van der Waals surface area (Å²) in [7, 11) is 0. The predicted molar refractivity (Wildman–Crippen MR) is 62.4 cm³/mol. The Morgan fingerprint density at radius 2 is 2.53 bits per heavy atom. The van der Waals surface area contributed by atoms with Crippen LogP contribution in [0.5, 0.6) is 0 Å². The molecule has 3 nitrogen and oxygen atoms in total. The first-order valence-corrected chi connectivity index (χ1v) is 6.49. The normalized spacial score (nSPS) is 22.4. The van der Waals surface area contributed by atoms with Gasteiger partial charge in [-0.25, -0.2) is 4.98 Å². The fourth-order valence-corrected chi connectivity index (χ4v) is 3.04. The Morgan fingerprint density at radius 1 is 1.67 bits per heavy atom. The van der Waals surface area contributed by atoms with Crippen LogP contribution in [-0.4, -0.2) is 41.2 Å². The zero-order valence-corrected chi connectivity index (χ0v) is 9.96. The Bertz CT molecular complexity index is 313. The monoisotopic (exact) mass is 226 g/mol. The lowest BCUT2D eigenvalue weighted by Gasteiger charge is -2.11. The van der Waals surface area contributed by atoms with Crippen molar-refractivity contribution in [2.45, 2.75) is 25.7 Å². The molecule has 0 radical (unpaired) electrons. The number of aliphatic hydroxyl groups is 1. The van der Waals surface area contributed by atoms with Crippen LogP contribution in [0.3, 0.4) is 0 Å². The van der Waals surface area contributed by atoms with Crippen LogP contribution < -0.4 is 0 Å². The fraction of sp³-hybridized carbons (Fsp3) is 0.727. The van der Waals surface area contributed by atoms with Gasteiger partial charge in [0.05, 0.1) is 10.7 Å². The first-order chi connectivity index (χ1) is 7.33. The molecule has 1 N–H and O–H groups in total. The van der Waals surface area contributed by atoms with Crippen molar-refractivity contribution in [2.24, 2.45) is 0 Å². The third-order valence-corrected chi connectivity index (χ3v) is 4.06. The minimum absolute atomic E-state index is 0.203. The highest BCUT2D eigenvalue weighted by molar-refractivity contribution is 7.09. The minimum atomic E-state index is 0.203. The van der Waals surface area contributed by atoms with Gasteiger partial charge in [0.2, 0.25) is 0 Å². The molecule has 2 heterocycles. The second-order valence-corrected chi connectivity index (χ2v) is 4.92. The zero-order chi connectivity index (χ0) is 10.7. The number of nitrogens with zero attached hydrogens (tertiary/aromatic N) is 2. The van der Waals surface area contributed by atoms with Gasteiger partial charge in [-0.1, -0.05) is 6.92 Å². The highest BCUT2D eigenvalue weighted by Crippen LogP contribution is 2.29. The standard InChI is InChI=1S/C11H18N2OS/c1-2-13-5-3-9(7-13)11-12-10(4-6-14)8-15-11/h8-9,14H,2-7H2,1H3. The summed E-state index contributed by atoms with van der Waals surface area (Å²) in [5.74, 6) is 0.627. The van der Waals surface area contributed by atoms with E-state index in [4.69, 9.17) is 5.11 Å². The summed E-state index contributed by atoms with van der Waals surface area (Å²) in [6, 6.07) is 0. The molecule has 0 aliphatic carbocycles. The molecule has 2 rings (SSSR count). The van der Waals surface area contributed by atoms with E-state index in [1.54, 1.807) is 11.3 Å². The van der Waals surface area contributed by atoms with Crippen LogP contribution in [0.4, 0.5) is 0 Å². The molecule has 1 atom stereocenters. The van der Waals surface area contributed by atoms with Crippen LogP contribution in [-0.2, 0) is 6.42 Å². The third kappa shape index (κ3) is 2.56. The van der Waals surface area contributed by atoms with E-state index in [2.05, 4.69) is 22.2 Å². The Labute approximate surface area is 94.8 Å². The number of thiazole rings is 1. The van der Waals surface area contributed by atoms with E-state index < -0.39 is 0 Å². The van der Waals surface area contributed by atoms with Crippen molar-refractivity contribution < 1.29 is 5.11 Å². The summed E-state index contributed by atoms with van der Waals surface area (Å²) in [6.45, 7) is 5.92. The molecule has 0 saturated carbocycles. The number of hydrogen-bond donors (Lipinski definition) is 1. The molecular formula is C11H18N2OS. The maximum atomic E-state index is 8.83. The van der Waals surface area contributed by atoms with Crippen LogP contribution in [0.15, 0.2) is 5.38 Å². The maximum Gasteiger partial charge on any atom is 0.0972 e. The number of likely N-dealkylation sites (tertiary alicyclic amines) is 1. The second-order valence-electron chi connectivity index (χ2n) is 4.03. The van der Waals surface area contributed by atoms with Gasteiger partial charge < -0.3 is 10.0 Å². The van der Waals surface area contributed by atoms with Crippen LogP contribution >= 0.6 is 11.3 Å². The molecular weight excluding hydrogens is 208 g/mol. The lowest BCUT2D eigenvalue weighted by atomic mass is 10.1. The summed E-state index contributed by atoms with van der Waals surface area (Å²) >= 11 is 1.75. The lowest BCUT2D eigenvalue weighted by Crippen LogP contribution is -2.19. The largest absolute Gasteiger partial charge is 0.396 e. The van der Waals surface area contributed by atoms with Crippen molar-refractivity contribution >= 4 is 11.3 Å². The number of rotatable bonds is 4. The van der Waals surface area contributed by atoms with Crippen molar-refractivity contribution in [3.8, 4) is 0 Å². The molecule has 0 bridgehead atoms. The molecule has 1 aliphatic heterocycles. The van der Waals surface area contributed by atoms with Gasteiger partial charge in [0.1, 0.15) is 0 Å². The van der Waals surface area contributed by atoms with Gasteiger partial charge in [0.25, 0.3) is 0 Å². The van der Waals surface area contributed by atoms with Gasteiger partial charge in [-0.3, -0.25) is 0 Å². The highest BCUT2D eigenvalue weighted by Gasteiger charge is 2.24. The van der Waals surface area contributed by atoms with Crippen LogP contribution in [0, 0.1) is 0 Å². The van der Waals surface area contributed by atoms with Crippen LogP contribution in [0.2, 0.25) is 0 Å². The molecule has 1 aromatic rings. The Balaban J connectivity index is 1.97. The Morgan fingerprint density at radius 3 is 3.20 bits per heavy atom. The van der Waals surface area contributed by atoms with Crippen LogP contribution in [0.25, 0.3) is 0 Å². The average Bonchev–Trinajstić information content (AvgIpc) is 2.85. The summed E-state index contributed by atoms with van der Waals surface area (Å²) < 4.78 is 0. The van der Waals surface area contributed by atoms with E-state index in [9.17, 15) is 0 Å². The van der Waals surface area contributed by atoms with Crippen molar-refractivity contribution in [3.05, 3.63) is 16.1 Å². The first kappa shape index (κ1) is 11.0. The molecule has 1 aliphatic rings. The first-order valence-electron chi connectivity index (χ1n) is 5.61. The number of aromatic nitrogens is 1. The summed E-state index contributed by atoms with van der Waals surface area (Å²) in [4.78, 5) is 7.05. The van der Waals surface area contributed by atoms with Crippen LogP contribution in [0.1, 0.15) is 30.0 Å². The molecule has 4 heteroatoms. The molecule has 84 valence electrons. The van der Waals surface area contributed by atoms with Gasteiger partial charge in [0, 0.05) is 30.9 Å². The Kier molecular flexibility index (Phi) is 3.72. The van der Waals surface area contributed by atoms with Crippen molar-refractivity contribution in [1.82, 2.24) is 9.88 Å². The van der Waals surface area contributed by atoms with Gasteiger partial charge in [0.15, 0.2) is 0 Å². The summed E-state index contributed by atoms with van der Waals surface area (Å²) in [6.07, 6.45) is 1.93. The van der Waals surface area contributed by atoms with Crippen molar-refractivity contribution in [2.75, 3.05) is 26.2 Å². The van der Waals surface area contributed by atoms with Gasteiger partial charge in [-0.15, -0.1) is 11.3 Å². The van der Waals surface area contributed by atoms with Crippen molar-refractivity contribution in [1.29, 1.82) is 0 Å². The molecule has 1 fully saturated rings. The third-order valence-electron chi connectivity index (χ3n) is 3.01. The number of hydrogen-bond acceptors (Lipinski definition) is 4. The van der Waals surface area contributed by atoms with Gasteiger partial charge in [-0.05, 0) is 19.5 Å². The average molecular weight is 226 g/mol. The predicted octanol–water partition coefficient (Wildman–Crippen LogP) is 1.49. The van der Waals surface area contributed by atoms with E-state index in [0.717, 1.165) is 18.8 Å². The second kappa shape index (κ2) is 5.05. The minimum Gasteiger partial charge on any atom is -0.396 e. The zero-order valence-electron chi connectivity index (χ0n) is 9.15. The fourth-order valence-electron chi connectivity index (χ4n) is 2.06. The van der Waals surface area contributed by atoms with Gasteiger partial charge >= 0.3 is 0 Å². The molecule has 0 spiro atoms. The van der Waals surface area contributed by atoms with E-state index in [-0.39, 0.29) is 6.61 Å². The molecule has 1 aromatic heterocycles. The van der Waals surface area contributed by atoms with E-state index in [1.165, 1.54) is 18.0 Å². The molecule has 15 heavy (non-hydrogen) atoms. The quantitative estimate of drug-likeness (QED) is 0.845. The molecule has 0 aromatic carbocycles. The Hall–Kier alpha value is -0.450. The topological polar surface area (TPSA) is 36.4 Å². The smallest absolute Gasteiger partial charge is 0.0972 e. The van der Waals surface area contributed by atoms with E-state index in [1.807, 2.05) is 0 Å².